The molecule has 1 atom stereocenters. The first-order valence-corrected chi connectivity index (χ1v) is 11.3. The van der Waals surface area contributed by atoms with Crippen LogP contribution in [0.5, 0.6) is 0 Å². The summed E-state index contributed by atoms with van der Waals surface area (Å²) in [7, 11) is 0. The van der Waals surface area contributed by atoms with Gasteiger partial charge in [0, 0.05) is 24.5 Å². The maximum Gasteiger partial charge on any atom is 0.416 e. The molecule has 1 saturated heterocycles. The molecule has 0 bridgehead atoms. The molecule has 1 fully saturated rings. The number of guanidine groups is 1. The molecule has 184 valence electrons. The highest BCUT2D eigenvalue weighted by molar-refractivity contribution is 6.31. The maximum absolute atomic E-state index is 12.9. The van der Waals surface area contributed by atoms with Crippen LogP contribution >= 0.6 is 11.6 Å². The zero-order valence-corrected chi connectivity index (χ0v) is 19.5. The monoisotopic (exact) mass is 504 g/mol. The van der Waals surface area contributed by atoms with Crippen LogP contribution in [0.4, 0.5) is 13.2 Å². The number of hydrogen-bond acceptors (Lipinski definition) is 4. The van der Waals surface area contributed by atoms with Crippen LogP contribution in [0.3, 0.4) is 0 Å². The fourth-order valence-corrected chi connectivity index (χ4v) is 3.99. The molecule has 11 heteroatoms. The Balaban J connectivity index is 1.75. The number of nitrogens with zero attached hydrogens (tertiary/aromatic N) is 3. The van der Waals surface area contributed by atoms with Crippen molar-refractivity contribution in [1.82, 2.24) is 15.5 Å². The molecule has 1 aliphatic rings. The molecule has 3 N–H and O–H groups in total. The molecule has 0 aliphatic carbocycles. The molecule has 35 heavy (non-hydrogen) atoms. The normalized spacial score (nSPS) is 15.0. The summed E-state index contributed by atoms with van der Waals surface area (Å²) in [5, 5.41) is 23.8. The molecule has 0 radical (unpaired) electrons. The van der Waals surface area contributed by atoms with E-state index in [9.17, 15) is 18.0 Å². The van der Waals surface area contributed by atoms with Crippen molar-refractivity contribution in [3.63, 3.8) is 0 Å². The third-order valence-electron chi connectivity index (χ3n) is 5.58. The molecular weight excluding hydrogens is 481 g/mol. The quantitative estimate of drug-likeness (QED) is 0.219. The third kappa shape index (κ3) is 6.96. The number of likely N-dealkylation sites (tertiary alicyclic amines) is 1. The first kappa shape index (κ1) is 26.0. The van der Waals surface area contributed by atoms with E-state index in [1.165, 1.54) is 17.0 Å². The van der Waals surface area contributed by atoms with E-state index in [4.69, 9.17) is 22.3 Å². The van der Waals surface area contributed by atoms with Gasteiger partial charge in [0.15, 0.2) is 6.19 Å². The van der Waals surface area contributed by atoms with Crippen molar-refractivity contribution in [2.45, 2.75) is 31.5 Å². The summed E-state index contributed by atoms with van der Waals surface area (Å²) in [6.45, 7) is 0.790. The van der Waals surface area contributed by atoms with Crippen molar-refractivity contribution in [2.75, 3.05) is 19.6 Å². The second-order valence-corrected chi connectivity index (χ2v) is 8.30. The average molecular weight is 505 g/mol. The lowest BCUT2D eigenvalue weighted by Crippen LogP contribution is -2.45. The lowest BCUT2D eigenvalue weighted by Gasteiger charge is -2.27. The van der Waals surface area contributed by atoms with E-state index in [-0.39, 0.29) is 29.7 Å². The highest BCUT2D eigenvalue weighted by Gasteiger charge is 2.33. The van der Waals surface area contributed by atoms with Crippen LogP contribution in [0.25, 0.3) is 0 Å². The van der Waals surface area contributed by atoms with Crippen LogP contribution < -0.4 is 10.6 Å². The second-order valence-electron chi connectivity index (χ2n) is 7.89. The van der Waals surface area contributed by atoms with Crippen molar-refractivity contribution in [1.29, 1.82) is 10.7 Å². The third-order valence-corrected chi connectivity index (χ3v) is 5.95. The van der Waals surface area contributed by atoms with E-state index in [2.05, 4.69) is 15.6 Å². The molecular formula is C24H24ClF3N6O. The van der Waals surface area contributed by atoms with E-state index >= 15 is 0 Å². The lowest BCUT2D eigenvalue weighted by atomic mass is 10.0. The minimum Gasteiger partial charge on any atom is -0.355 e. The second kappa shape index (κ2) is 11.7. The number of hydrogen-bond donors (Lipinski definition) is 3. The fraction of sp³-hybridized carbons (Fsp3) is 0.333. The van der Waals surface area contributed by atoms with Crippen LogP contribution in [0.1, 0.15) is 29.5 Å². The number of nitriles is 1. The SMILES string of the molecule is N#CNC(=NCC(C(=N)c1ccc(C(F)(F)F)cc1)N1CCCC1=O)NCCc1ccccc1Cl. The first-order chi connectivity index (χ1) is 16.7. The number of nitrogens with one attached hydrogen (secondary N) is 3. The summed E-state index contributed by atoms with van der Waals surface area (Å²) in [4.78, 5) is 18.3. The van der Waals surface area contributed by atoms with Crippen molar-refractivity contribution >= 4 is 29.2 Å². The molecule has 0 spiro atoms. The molecule has 1 amide bonds. The number of halogens is 4. The Bertz CT molecular complexity index is 1130. The predicted octanol–water partition coefficient (Wildman–Crippen LogP) is 3.98. The lowest BCUT2D eigenvalue weighted by molar-refractivity contribution is -0.137. The average Bonchev–Trinajstić information content (AvgIpc) is 3.25. The van der Waals surface area contributed by atoms with Crippen molar-refractivity contribution in [3.8, 4) is 6.19 Å². The molecule has 2 aromatic carbocycles. The van der Waals surface area contributed by atoms with Gasteiger partial charge >= 0.3 is 6.18 Å². The molecule has 7 nitrogen and oxygen atoms in total. The predicted molar refractivity (Wildman–Crippen MR) is 127 cm³/mol. The summed E-state index contributed by atoms with van der Waals surface area (Å²) in [6.07, 6.45) is -1.15. The topological polar surface area (TPSA) is 104 Å². The zero-order valence-electron chi connectivity index (χ0n) is 18.7. The number of carbonyl (C=O) groups is 1. The summed E-state index contributed by atoms with van der Waals surface area (Å²) in [5.41, 5.74) is 0.344. The van der Waals surface area contributed by atoms with Gasteiger partial charge in [-0.05, 0) is 42.2 Å². The van der Waals surface area contributed by atoms with Gasteiger partial charge in [0.2, 0.25) is 11.9 Å². The van der Waals surface area contributed by atoms with E-state index in [1.54, 1.807) is 12.3 Å². The van der Waals surface area contributed by atoms with Gasteiger partial charge < -0.3 is 15.6 Å². The molecule has 1 aliphatic heterocycles. The smallest absolute Gasteiger partial charge is 0.355 e. The number of rotatable bonds is 8. The number of aliphatic imine (C=N–C) groups is 1. The minimum atomic E-state index is -4.48. The fourth-order valence-electron chi connectivity index (χ4n) is 3.76. The van der Waals surface area contributed by atoms with E-state index in [0.717, 1.165) is 17.7 Å². The Morgan fingerprint density at radius 2 is 1.94 bits per heavy atom. The largest absolute Gasteiger partial charge is 0.416 e. The number of benzene rings is 2. The molecule has 3 rings (SSSR count). The van der Waals surface area contributed by atoms with Crippen molar-refractivity contribution in [3.05, 3.63) is 70.2 Å². The zero-order chi connectivity index (χ0) is 25.4. The number of alkyl halides is 3. The van der Waals surface area contributed by atoms with Gasteiger partial charge in [-0.3, -0.25) is 10.1 Å². The van der Waals surface area contributed by atoms with Gasteiger partial charge in [-0.15, -0.1) is 0 Å². The molecule has 1 heterocycles. The maximum atomic E-state index is 12.9. The van der Waals surface area contributed by atoms with Gasteiger partial charge in [-0.2, -0.15) is 18.4 Å². The van der Waals surface area contributed by atoms with Crippen LogP contribution in [0.2, 0.25) is 5.02 Å². The molecule has 0 saturated carbocycles. The Morgan fingerprint density at radius 3 is 2.54 bits per heavy atom. The first-order valence-electron chi connectivity index (χ1n) is 10.9. The number of carbonyl (C=O) groups excluding carboxylic acids is 1. The minimum absolute atomic E-state index is 0.0231. The van der Waals surface area contributed by atoms with Gasteiger partial charge in [-0.1, -0.05) is 41.9 Å². The summed E-state index contributed by atoms with van der Waals surface area (Å²) < 4.78 is 38.8. The molecule has 1 unspecified atom stereocenters. The summed E-state index contributed by atoms with van der Waals surface area (Å²) in [6, 6.07) is 10.8. The Morgan fingerprint density at radius 1 is 1.23 bits per heavy atom. The highest BCUT2D eigenvalue weighted by Crippen LogP contribution is 2.29. The van der Waals surface area contributed by atoms with E-state index in [0.29, 0.717) is 37.4 Å². The highest BCUT2D eigenvalue weighted by atomic mass is 35.5. The Hall–Kier alpha value is -3.58. The van der Waals surface area contributed by atoms with Crippen LogP contribution in [0, 0.1) is 16.9 Å². The van der Waals surface area contributed by atoms with Gasteiger partial charge in [0.25, 0.3) is 0 Å². The standard InChI is InChI=1S/C24H24ClF3N6O/c25-19-5-2-1-4-16(19)11-12-31-23(33-15-29)32-14-20(34-13-3-6-21(34)35)22(30)17-7-9-18(10-8-17)24(26,27)28/h1-2,4-5,7-10,20,30H,3,6,11-14H2,(H2,31,32,33). The van der Waals surface area contributed by atoms with Crippen molar-refractivity contribution in [2.24, 2.45) is 4.99 Å². The van der Waals surface area contributed by atoms with E-state index < -0.39 is 17.8 Å². The van der Waals surface area contributed by atoms with Gasteiger partial charge in [-0.25, -0.2) is 4.99 Å². The van der Waals surface area contributed by atoms with Crippen LogP contribution in [-0.4, -0.2) is 48.2 Å². The van der Waals surface area contributed by atoms with Crippen LogP contribution in [-0.2, 0) is 17.4 Å². The molecule has 2 aromatic rings. The Kier molecular flexibility index (Phi) is 8.71. The molecule has 0 aromatic heterocycles. The van der Waals surface area contributed by atoms with Crippen LogP contribution in [0.15, 0.2) is 53.5 Å². The number of amides is 1. The van der Waals surface area contributed by atoms with Gasteiger partial charge in [0.1, 0.15) is 0 Å². The Labute approximate surface area is 206 Å². The summed E-state index contributed by atoms with van der Waals surface area (Å²) in [5.74, 6) is 0.0137. The van der Waals surface area contributed by atoms with E-state index in [1.807, 2.05) is 18.2 Å². The summed E-state index contributed by atoms with van der Waals surface area (Å²) >= 11 is 6.17. The van der Waals surface area contributed by atoms with Crippen molar-refractivity contribution < 1.29 is 18.0 Å². The van der Waals surface area contributed by atoms with Gasteiger partial charge in [0.05, 0.1) is 23.9 Å².